The molecule has 1 aromatic rings. The molecule has 2 N–H and O–H groups in total. The fraction of sp³-hybridized carbons (Fsp3) is 0.462. The van der Waals surface area contributed by atoms with Crippen LogP contribution in [0.25, 0.3) is 0 Å². The zero-order valence-corrected chi connectivity index (χ0v) is 9.99. The second kappa shape index (κ2) is 5.11. The molecule has 1 heterocycles. The summed E-state index contributed by atoms with van der Waals surface area (Å²) < 4.78 is 0. The summed E-state index contributed by atoms with van der Waals surface area (Å²) >= 11 is 0. The third-order valence-corrected chi connectivity index (χ3v) is 2.09. The Balaban J connectivity index is 2.66. The van der Waals surface area contributed by atoms with Crippen LogP contribution >= 0.6 is 0 Å². The molecule has 0 aromatic carbocycles. The number of aromatic nitrogens is 1. The summed E-state index contributed by atoms with van der Waals surface area (Å²) in [5.41, 5.74) is 1.13. The maximum absolute atomic E-state index is 9.91. The molecule has 0 aliphatic carbocycles. The summed E-state index contributed by atoms with van der Waals surface area (Å²) in [5.74, 6) is 2.45. The van der Waals surface area contributed by atoms with Gasteiger partial charge in [0.05, 0.1) is 5.69 Å². The Morgan fingerprint density at radius 2 is 2.19 bits per heavy atom. The van der Waals surface area contributed by atoms with Crippen molar-refractivity contribution in [3.05, 3.63) is 29.6 Å². The Morgan fingerprint density at radius 3 is 2.75 bits per heavy atom. The molecule has 0 bridgehead atoms. The SMILES string of the molecule is C#Cc1cccc([C@H](O)CNC(C)(C)C)n1. The third kappa shape index (κ3) is 4.01. The molecule has 1 rings (SSSR count). The van der Waals surface area contributed by atoms with Crippen LogP contribution in [0, 0.1) is 12.3 Å². The smallest absolute Gasteiger partial charge is 0.113 e. The molecule has 0 saturated heterocycles. The molecule has 0 saturated carbocycles. The lowest BCUT2D eigenvalue weighted by Crippen LogP contribution is -2.38. The molecule has 16 heavy (non-hydrogen) atoms. The standard InChI is InChI=1S/C13H18N2O/c1-5-10-7-6-8-11(15-10)12(16)9-14-13(2,3)4/h1,6-8,12,14,16H,9H2,2-4H3/t12-/m1/s1. The zero-order chi connectivity index (χ0) is 12.2. The van der Waals surface area contributed by atoms with Gasteiger partial charge in [-0.25, -0.2) is 4.98 Å². The number of nitrogens with one attached hydrogen (secondary N) is 1. The van der Waals surface area contributed by atoms with Gasteiger partial charge in [-0.05, 0) is 32.9 Å². The Morgan fingerprint density at radius 1 is 1.50 bits per heavy atom. The fourth-order valence-electron chi connectivity index (χ4n) is 1.22. The third-order valence-electron chi connectivity index (χ3n) is 2.09. The summed E-state index contributed by atoms with van der Waals surface area (Å²) in [5, 5.41) is 13.1. The number of aliphatic hydroxyl groups is 1. The van der Waals surface area contributed by atoms with E-state index in [1.165, 1.54) is 0 Å². The van der Waals surface area contributed by atoms with E-state index in [2.05, 4.69) is 16.2 Å². The molecule has 0 aliphatic rings. The molecular weight excluding hydrogens is 200 g/mol. The van der Waals surface area contributed by atoms with Crippen molar-refractivity contribution in [3.8, 4) is 12.3 Å². The Bertz CT molecular complexity index is 388. The Labute approximate surface area is 96.9 Å². The number of hydrogen-bond acceptors (Lipinski definition) is 3. The van der Waals surface area contributed by atoms with E-state index in [0.29, 0.717) is 17.9 Å². The summed E-state index contributed by atoms with van der Waals surface area (Å²) in [7, 11) is 0. The minimum absolute atomic E-state index is 0.0231. The molecule has 3 heteroatoms. The van der Waals surface area contributed by atoms with Crippen molar-refractivity contribution < 1.29 is 5.11 Å². The molecule has 0 radical (unpaired) electrons. The predicted octanol–water partition coefficient (Wildman–Crippen LogP) is 1.48. The van der Waals surface area contributed by atoms with E-state index in [-0.39, 0.29) is 5.54 Å². The summed E-state index contributed by atoms with van der Waals surface area (Å²) in [6, 6.07) is 5.32. The van der Waals surface area contributed by atoms with Crippen LogP contribution in [0.4, 0.5) is 0 Å². The van der Waals surface area contributed by atoms with Gasteiger partial charge in [0.15, 0.2) is 0 Å². The van der Waals surface area contributed by atoms with Crippen molar-refractivity contribution >= 4 is 0 Å². The lowest BCUT2D eigenvalue weighted by atomic mass is 10.1. The monoisotopic (exact) mass is 218 g/mol. The highest BCUT2D eigenvalue weighted by Crippen LogP contribution is 2.11. The van der Waals surface area contributed by atoms with Gasteiger partial charge in [0.1, 0.15) is 11.8 Å². The van der Waals surface area contributed by atoms with E-state index in [4.69, 9.17) is 6.42 Å². The fourth-order valence-corrected chi connectivity index (χ4v) is 1.22. The maximum Gasteiger partial charge on any atom is 0.113 e. The topological polar surface area (TPSA) is 45.1 Å². The molecular formula is C13H18N2O. The van der Waals surface area contributed by atoms with Crippen LogP contribution in [0.2, 0.25) is 0 Å². The molecule has 3 nitrogen and oxygen atoms in total. The van der Waals surface area contributed by atoms with Gasteiger partial charge in [0, 0.05) is 12.1 Å². The quantitative estimate of drug-likeness (QED) is 0.755. The van der Waals surface area contributed by atoms with Crippen molar-refractivity contribution in [1.82, 2.24) is 10.3 Å². The first-order chi connectivity index (χ1) is 7.42. The van der Waals surface area contributed by atoms with Crippen LogP contribution < -0.4 is 5.32 Å². The highest BCUT2D eigenvalue weighted by Gasteiger charge is 2.14. The number of pyridine rings is 1. The van der Waals surface area contributed by atoms with Crippen molar-refractivity contribution in [2.75, 3.05) is 6.54 Å². The zero-order valence-electron chi connectivity index (χ0n) is 9.99. The lowest BCUT2D eigenvalue weighted by Gasteiger charge is -2.22. The van der Waals surface area contributed by atoms with Crippen LogP contribution in [-0.2, 0) is 0 Å². The van der Waals surface area contributed by atoms with E-state index in [1.807, 2.05) is 20.8 Å². The molecule has 86 valence electrons. The minimum atomic E-state index is -0.632. The number of nitrogens with zero attached hydrogens (tertiary/aromatic N) is 1. The molecule has 0 unspecified atom stereocenters. The van der Waals surface area contributed by atoms with E-state index >= 15 is 0 Å². The maximum atomic E-state index is 9.91. The van der Waals surface area contributed by atoms with Gasteiger partial charge in [0.25, 0.3) is 0 Å². The lowest BCUT2D eigenvalue weighted by molar-refractivity contribution is 0.159. The van der Waals surface area contributed by atoms with Gasteiger partial charge >= 0.3 is 0 Å². The second-order valence-corrected chi connectivity index (χ2v) is 4.74. The van der Waals surface area contributed by atoms with E-state index in [9.17, 15) is 5.11 Å². The van der Waals surface area contributed by atoms with Crippen molar-refractivity contribution in [1.29, 1.82) is 0 Å². The van der Waals surface area contributed by atoms with Crippen LogP contribution in [0.1, 0.15) is 38.3 Å². The van der Waals surface area contributed by atoms with Crippen molar-refractivity contribution in [3.63, 3.8) is 0 Å². The molecule has 0 amide bonds. The van der Waals surface area contributed by atoms with Crippen molar-refractivity contribution in [2.45, 2.75) is 32.4 Å². The first kappa shape index (κ1) is 12.7. The summed E-state index contributed by atoms with van der Waals surface area (Å²) in [4.78, 5) is 4.17. The van der Waals surface area contributed by atoms with Gasteiger partial charge in [-0.3, -0.25) is 0 Å². The molecule has 0 fully saturated rings. The summed E-state index contributed by atoms with van der Waals surface area (Å²) in [6.07, 6.45) is 4.62. The van der Waals surface area contributed by atoms with Gasteiger partial charge in [-0.2, -0.15) is 0 Å². The summed E-state index contributed by atoms with van der Waals surface area (Å²) in [6.45, 7) is 6.60. The van der Waals surface area contributed by atoms with Gasteiger partial charge in [-0.1, -0.05) is 12.0 Å². The van der Waals surface area contributed by atoms with E-state index < -0.39 is 6.10 Å². The molecule has 1 atom stereocenters. The van der Waals surface area contributed by atoms with Gasteiger partial charge < -0.3 is 10.4 Å². The van der Waals surface area contributed by atoms with Crippen LogP contribution in [0.5, 0.6) is 0 Å². The van der Waals surface area contributed by atoms with Gasteiger partial charge in [0.2, 0.25) is 0 Å². The second-order valence-electron chi connectivity index (χ2n) is 4.74. The Kier molecular flexibility index (Phi) is 4.05. The number of terminal acetylenes is 1. The van der Waals surface area contributed by atoms with E-state index in [0.717, 1.165) is 0 Å². The van der Waals surface area contributed by atoms with E-state index in [1.54, 1.807) is 18.2 Å². The van der Waals surface area contributed by atoms with Gasteiger partial charge in [-0.15, -0.1) is 6.42 Å². The average molecular weight is 218 g/mol. The van der Waals surface area contributed by atoms with Crippen LogP contribution in [0.3, 0.4) is 0 Å². The highest BCUT2D eigenvalue weighted by molar-refractivity contribution is 5.26. The number of hydrogen-bond donors (Lipinski definition) is 2. The van der Waals surface area contributed by atoms with Crippen LogP contribution in [0.15, 0.2) is 18.2 Å². The normalized spacial score (nSPS) is 13.2. The largest absolute Gasteiger partial charge is 0.385 e. The molecule has 0 spiro atoms. The minimum Gasteiger partial charge on any atom is -0.385 e. The highest BCUT2D eigenvalue weighted by atomic mass is 16.3. The number of aliphatic hydroxyl groups excluding tert-OH is 1. The number of rotatable bonds is 3. The Hall–Kier alpha value is -1.37. The first-order valence-electron chi connectivity index (χ1n) is 5.29. The molecule has 0 aliphatic heterocycles. The first-order valence-corrected chi connectivity index (χ1v) is 5.29. The predicted molar refractivity (Wildman–Crippen MR) is 64.9 cm³/mol. The van der Waals surface area contributed by atoms with Crippen LogP contribution in [-0.4, -0.2) is 22.2 Å². The van der Waals surface area contributed by atoms with Crippen molar-refractivity contribution in [2.24, 2.45) is 0 Å². The molecule has 1 aromatic heterocycles. The average Bonchev–Trinajstić information content (AvgIpc) is 2.25. The number of β-amino-alcohol motifs (C(OH)–C–C–N with tert-alkyl or cyclic N) is 1.